The number of hydrogen-bond acceptors (Lipinski definition) is 4. The molecule has 4 rings (SSSR count). The number of fused-ring (bicyclic) bond motifs is 1. The van der Waals surface area contributed by atoms with E-state index in [0.29, 0.717) is 23.2 Å². The van der Waals surface area contributed by atoms with Crippen molar-refractivity contribution in [3.05, 3.63) is 75.9 Å². The number of nitrogens with zero attached hydrogens (tertiary/aromatic N) is 1. The second-order valence-corrected chi connectivity index (χ2v) is 7.83. The maximum Gasteiger partial charge on any atom is 0.235 e. The van der Waals surface area contributed by atoms with Gasteiger partial charge in [-0.1, -0.05) is 41.9 Å². The molecule has 2 heterocycles. The zero-order chi connectivity index (χ0) is 18.8. The average molecular weight is 400 g/mol. The van der Waals surface area contributed by atoms with Crippen LogP contribution in [0, 0.1) is 6.92 Å². The van der Waals surface area contributed by atoms with Gasteiger partial charge in [-0.25, -0.2) is 0 Å². The summed E-state index contributed by atoms with van der Waals surface area (Å²) in [5, 5.41) is 10.8. The van der Waals surface area contributed by atoms with Crippen molar-refractivity contribution in [3.8, 4) is 5.75 Å². The third-order valence-electron chi connectivity index (χ3n) is 4.40. The number of aromatic amines is 1. The zero-order valence-corrected chi connectivity index (χ0v) is 16.2. The minimum Gasteiger partial charge on any atom is -0.489 e. The number of carbonyl (C=O) groups is 1. The van der Waals surface area contributed by atoms with Crippen LogP contribution in [0.3, 0.4) is 0 Å². The number of hydrogen-bond donors (Lipinski definition) is 2. The van der Waals surface area contributed by atoms with Crippen LogP contribution in [-0.4, -0.2) is 21.9 Å². The van der Waals surface area contributed by atoms with E-state index in [4.69, 9.17) is 16.3 Å². The maximum absolute atomic E-state index is 12.0. The molecule has 0 radical (unpaired) electrons. The van der Waals surface area contributed by atoms with Crippen LogP contribution in [0.1, 0.15) is 27.6 Å². The van der Waals surface area contributed by atoms with Gasteiger partial charge in [-0.05, 0) is 30.7 Å². The summed E-state index contributed by atoms with van der Waals surface area (Å²) in [6.07, 6.45) is 0. The molecule has 1 aromatic heterocycles. The monoisotopic (exact) mass is 399 g/mol. The lowest BCUT2D eigenvalue weighted by Crippen LogP contribution is -2.12. The zero-order valence-electron chi connectivity index (χ0n) is 14.7. The quantitative estimate of drug-likeness (QED) is 0.665. The summed E-state index contributed by atoms with van der Waals surface area (Å²) in [7, 11) is 0. The predicted octanol–water partition coefficient (Wildman–Crippen LogP) is 4.73. The van der Waals surface area contributed by atoms with Crippen molar-refractivity contribution in [1.29, 1.82) is 0 Å². The Balaban J connectivity index is 1.65. The highest BCUT2D eigenvalue weighted by Crippen LogP contribution is 2.45. The molecule has 3 aromatic rings. The number of anilines is 1. The number of nitrogens with one attached hydrogen (secondary N) is 2. The molecule has 7 heteroatoms. The summed E-state index contributed by atoms with van der Waals surface area (Å²) in [4.78, 5) is 12.0. The van der Waals surface area contributed by atoms with E-state index in [1.807, 2.05) is 55.5 Å². The first-order valence-corrected chi connectivity index (χ1v) is 9.97. The summed E-state index contributed by atoms with van der Waals surface area (Å²) >= 11 is 7.52. The molecular formula is C20H18ClN3O2S. The van der Waals surface area contributed by atoms with Gasteiger partial charge in [0.2, 0.25) is 5.91 Å². The molecule has 0 spiro atoms. The fourth-order valence-electron chi connectivity index (χ4n) is 3.08. The number of aryl methyl sites for hydroxylation is 1. The topological polar surface area (TPSA) is 67.0 Å². The Labute approximate surface area is 166 Å². The molecule has 1 unspecified atom stereocenters. The minimum absolute atomic E-state index is 0.0425. The summed E-state index contributed by atoms with van der Waals surface area (Å²) in [6, 6.07) is 15.5. The number of ether oxygens (including phenoxy) is 1. The Bertz CT molecular complexity index is 972. The van der Waals surface area contributed by atoms with E-state index in [1.54, 1.807) is 11.8 Å². The Morgan fingerprint density at radius 3 is 2.81 bits per heavy atom. The van der Waals surface area contributed by atoms with E-state index in [1.165, 1.54) is 0 Å². The van der Waals surface area contributed by atoms with Gasteiger partial charge in [0.25, 0.3) is 0 Å². The van der Waals surface area contributed by atoms with Crippen molar-refractivity contribution in [2.75, 3.05) is 11.1 Å². The van der Waals surface area contributed by atoms with Crippen molar-refractivity contribution in [1.82, 2.24) is 10.2 Å². The first kappa shape index (κ1) is 17.9. The summed E-state index contributed by atoms with van der Waals surface area (Å²) < 4.78 is 6.12. The maximum atomic E-state index is 12.0. The molecule has 0 bridgehead atoms. The van der Waals surface area contributed by atoms with Gasteiger partial charge < -0.3 is 10.1 Å². The van der Waals surface area contributed by atoms with Crippen LogP contribution in [0.4, 0.5) is 5.82 Å². The lowest BCUT2D eigenvalue weighted by Gasteiger charge is -2.19. The van der Waals surface area contributed by atoms with Crippen molar-refractivity contribution in [2.24, 2.45) is 0 Å². The van der Waals surface area contributed by atoms with E-state index in [-0.39, 0.29) is 11.2 Å². The number of benzene rings is 2. The van der Waals surface area contributed by atoms with Gasteiger partial charge in [0, 0.05) is 21.8 Å². The van der Waals surface area contributed by atoms with Crippen molar-refractivity contribution < 1.29 is 9.53 Å². The molecular weight excluding hydrogens is 382 g/mol. The van der Waals surface area contributed by atoms with Gasteiger partial charge in [0.15, 0.2) is 5.82 Å². The first-order chi connectivity index (χ1) is 13.1. The molecule has 1 amide bonds. The Hall–Kier alpha value is -2.44. The van der Waals surface area contributed by atoms with Crippen LogP contribution in [-0.2, 0) is 11.4 Å². The number of aromatic nitrogens is 2. The normalized spacial score (nSPS) is 16.4. The van der Waals surface area contributed by atoms with E-state index in [9.17, 15) is 4.79 Å². The summed E-state index contributed by atoms with van der Waals surface area (Å²) in [5.41, 5.74) is 4.00. The van der Waals surface area contributed by atoms with Gasteiger partial charge in [-0.3, -0.25) is 9.89 Å². The van der Waals surface area contributed by atoms with Crippen LogP contribution in [0.15, 0.2) is 48.5 Å². The molecule has 1 atom stereocenters. The highest BCUT2D eigenvalue weighted by atomic mass is 35.5. The fraction of sp³-hybridized carbons (Fsp3) is 0.200. The Morgan fingerprint density at radius 1 is 1.22 bits per heavy atom. The van der Waals surface area contributed by atoms with Gasteiger partial charge in [-0.2, -0.15) is 5.10 Å². The molecule has 1 aliphatic rings. The number of halogens is 1. The van der Waals surface area contributed by atoms with Crippen molar-refractivity contribution in [2.45, 2.75) is 18.8 Å². The highest BCUT2D eigenvalue weighted by Gasteiger charge is 2.29. The van der Waals surface area contributed by atoms with E-state index in [2.05, 4.69) is 15.5 Å². The van der Waals surface area contributed by atoms with Gasteiger partial charge in [-0.15, -0.1) is 11.8 Å². The molecule has 5 nitrogen and oxygen atoms in total. The predicted molar refractivity (Wildman–Crippen MR) is 108 cm³/mol. The molecule has 138 valence electrons. The number of carbonyl (C=O) groups excluding carboxylic acids is 1. The van der Waals surface area contributed by atoms with Crippen LogP contribution in [0.25, 0.3) is 0 Å². The fourth-order valence-corrected chi connectivity index (χ4v) is 4.43. The molecule has 0 aliphatic carbocycles. The van der Waals surface area contributed by atoms with E-state index in [0.717, 1.165) is 28.1 Å². The van der Waals surface area contributed by atoms with Crippen LogP contribution < -0.4 is 10.1 Å². The van der Waals surface area contributed by atoms with Gasteiger partial charge in [0.1, 0.15) is 12.4 Å². The molecule has 2 N–H and O–H groups in total. The van der Waals surface area contributed by atoms with Gasteiger partial charge >= 0.3 is 0 Å². The molecule has 1 aliphatic heterocycles. The Kier molecular flexibility index (Phi) is 5.09. The largest absolute Gasteiger partial charge is 0.489 e. The van der Waals surface area contributed by atoms with E-state index >= 15 is 0 Å². The lowest BCUT2D eigenvalue weighted by atomic mass is 10.0. The molecule has 0 saturated carbocycles. The van der Waals surface area contributed by atoms with Crippen molar-refractivity contribution in [3.63, 3.8) is 0 Å². The highest BCUT2D eigenvalue weighted by molar-refractivity contribution is 8.00. The number of thioether (sulfide) groups is 1. The van der Waals surface area contributed by atoms with Crippen LogP contribution in [0.5, 0.6) is 5.75 Å². The minimum atomic E-state index is -0.0465. The number of para-hydroxylation sites is 1. The summed E-state index contributed by atoms with van der Waals surface area (Å²) in [6.45, 7) is 2.41. The third kappa shape index (κ3) is 3.82. The smallest absolute Gasteiger partial charge is 0.235 e. The number of H-pyrrole nitrogens is 1. The van der Waals surface area contributed by atoms with Gasteiger partial charge in [0.05, 0.1) is 11.0 Å². The lowest BCUT2D eigenvalue weighted by molar-refractivity contribution is -0.113. The molecule has 0 fully saturated rings. The standard InChI is InChI=1S/C20H18ClN3O2S/c1-12-18-19(27-11-17(25)22-20(18)24-23-12)15-4-2-3-5-16(15)26-10-13-6-8-14(21)9-7-13/h2-9,19H,10-11H2,1H3,(H2,22,23,24,25). The number of rotatable bonds is 4. The number of amides is 1. The third-order valence-corrected chi connectivity index (χ3v) is 5.91. The Morgan fingerprint density at radius 2 is 2.00 bits per heavy atom. The second-order valence-electron chi connectivity index (χ2n) is 6.30. The average Bonchev–Trinajstić information content (AvgIpc) is 2.93. The molecule has 27 heavy (non-hydrogen) atoms. The van der Waals surface area contributed by atoms with Crippen LogP contribution >= 0.6 is 23.4 Å². The first-order valence-electron chi connectivity index (χ1n) is 8.54. The molecule has 2 aromatic carbocycles. The van der Waals surface area contributed by atoms with Crippen LogP contribution in [0.2, 0.25) is 5.02 Å². The SMILES string of the molecule is Cc1[nH]nc2c1C(c1ccccc1OCc1ccc(Cl)cc1)SCC(=O)N2. The summed E-state index contributed by atoms with van der Waals surface area (Å²) in [5.74, 6) is 1.71. The van der Waals surface area contributed by atoms with Crippen molar-refractivity contribution >= 4 is 35.1 Å². The second kappa shape index (κ2) is 7.66. The molecule has 0 saturated heterocycles. The van der Waals surface area contributed by atoms with E-state index < -0.39 is 0 Å².